The highest BCUT2D eigenvalue weighted by Gasteiger charge is 2.14. The summed E-state index contributed by atoms with van der Waals surface area (Å²) in [5, 5.41) is 5.29. The van der Waals surface area contributed by atoms with Gasteiger partial charge >= 0.3 is 0 Å². The first-order valence-electron chi connectivity index (χ1n) is 10.0. The summed E-state index contributed by atoms with van der Waals surface area (Å²) in [6.45, 7) is 0. The van der Waals surface area contributed by atoms with E-state index in [2.05, 4.69) is 20.3 Å². The normalized spacial score (nSPS) is 10.8. The molecule has 5 rings (SSSR count). The number of ether oxygens (including phenoxy) is 1. The highest BCUT2D eigenvalue weighted by molar-refractivity contribution is 6.01. The molecule has 3 aromatic heterocycles. The molecule has 0 spiro atoms. The molecule has 0 aliphatic carbocycles. The maximum Gasteiger partial charge on any atom is 0.266 e. The smallest absolute Gasteiger partial charge is 0.266 e. The zero-order valence-corrected chi connectivity index (χ0v) is 17.3. The number of nitrogens with zero attached hydrogens (tertiary/aromatic N) is 4. The number of carbonyl (C=O) groups excluding carboxylic acids is 1. The monoisotopic (exact) mass is 421 g/mol. The molecule has 0 aliphatic heterocycles. The predicted molar refractivity (Wildman–Crippen MR) is 123 cm³/mol. The number of hydrogen-bond donors (Lipinski definition) is 1. The van der Waals surface area contributed by atoms with Crippen LogP contribution in [0.5, 0.6) is 5.75 Å². The van der Waals surface area contributed by atoms with Gasteiger partial charge < -0.3 is 10.1 Å². The van der Waals surface area contributed by atoms with Crippen LogP contribution in [0.3, 0.4) is 0 Å². The van der Waals surface area contributed by atoms with Gasteiger partial charge in [-0.05, 0) is 52.9 Å². The van der Waals surface area contributed by atoms with Crippen molar-refractivity contribution in [1.29, 1.82) is 0 Å². The Morgan fingerprint density at radius 3 is 2.59 bits per heavy atom. The maximum absolute atomic E-state index is 12.8. The van der Waals surface area contributed by atoms with Crippen molar-refractivity contribution in [2.45, 2.75) is 0 Å². The van der Waals surface area contributed by atoms with E-state index in [0.717, 1.165) is 33.3 Å². The minimum absolute atomic E-state index is 0.201. The molecule has 0 saturated heterocycles. The number of aromatic nitrogens is 4. The van der Waals surface area contributed by atoms with Crippen LogP contribution in [0, 0.1) is 0 Å². The standard InChI is InChI=1S/C25H19N5O2/c1-32-23-9-8-19(20-10-12-26-15-22(20)23)17-4-6-18(7-5-17)29-24-21(3-2-11-28-24)25(31)30-14-13-27-16-30/h2-16H,1H3,(H,28,29). The summed E-state index contributed by atoms with van der Waals surface area (Å²) in [6, 6.07) is 17.5. The molecule has 2 aromatic carbocycles. The van der Waals surface area contributed by atoms with Crippen molar-refractivity contribution in [1.82, 2.24) is 19.5 Å². The number of pyridine rings is 2. The second kappa shape index (κ2) is 8.31. The summed E-state index contributed by atoms with van der Waals surface area (Å²) in [5.74, 6) is 1.08. The molecule has 0 fully saturated rings. The number of hydrogen-bond acceptors (Lipinski definition) is 6. The van der Waals surface area contributed by atoms with Gasteiger partial charge in [0, 0.05) is 42.1 Å². The van der Waals surface area contributed by atoms with E-state index in [9.17, 15) is 4.79 Å². The molecule has 7 heteroatoms. The highest BCUT2D eigenvalue weighted by atomic mass is 16.5. The second-order valence-corrected chi connectivity index (χ2v) is 7.11. The first-order chi connectivity index (χ1) is 15.7. The SMILES string of the molecule is COc1ccc(-c2ccc(Nc3ncccc3C(=O)n3ccnc3)cc2)c2ccncc12. The van der Waals surface area contributed by atoms with Gasteiger partial charge in [-0.25, -0.2) is 9.97 Å². The van der Waals surface area contributed by atoms with Gasteiger partial charge in [-0.15, -0.1) is 0 Å². The largest absolute Gasteiger partial charge is 0.496 e. The van der Waals surface area contributed by atoms with Crippen molar-refractivity contribution >= 4 is 28.2 Å². The van der Waals surface area contributed by atoms with E-state index in [1.54, 1.807) is 44.0 Å². The van der Waals surface area contributed by atoms with E-state index in [1.165, 1.54) is 10.9 Å². The Balaban J connectivity index is 1.45. The van der Waals surface area contributed by atoms with Gasteiger partial charge in [0.1, 0.15) is 17.9 Å². The van der Waals surface area contributed by atoms with Crippen LogP contribution >= 0.6 is 0 Å². The van der Waals surface area contributed by atoms with Crippen molar-refractivity contribution in [3.8, 4) is 16.9 Å². The Labute approximate surface area is 184 Å². The number of imidazole rings is 1. The van der Waals surface area contributed by atoms with Gasteiger partial charge in [0.2, 0.25) is 0 Å². The molecule has 0 bridgehead atoms. The van der Waals surface area contributed by atoms with Crippen LogP contribution in [0.15, 0.2) is 91.9 Å². The second-order valence-electron chi connectivity index (χ2n) is 7.11. The van der Waals surface area contributed by atoms with Gasteiger partial charge in [0.25, 0.3) is 5.91 Å². The van der Waals surface area contributed by atoms with E-state index in [0.29, 0.717) is 11.4 Å². The number of anilines is 2. The van der Waals surface area contributed by atoms with Crippen LogP contribution in [0.4, 0.5) is 11.5 Å². The molecule has 0 atom stereocenters. The lowest BCUT2D eigenvalue weighted by atomic mass is 9.98. The molecule has 3 heterocycles. The highest BCUT2D eigenvalue weighted by Crippen LogP contribution is 2.34. The minimum Gasteiger partial charge on any atom is -0.496 e. The molecule has 0 saturated carbocycles. The minimum atomic E-state index is -0.201. The van der Waals surface area contributed by atoms with Crippen molar-refractivity contribution in [2.75, 3.05) is 12.4 Å². The van der Waals surface area contributed by atoms with Crippen molar-refractivity contribution < 1.29 is 9.53 Å². The predicted octanol–water partition coefficient (Wildman–Crippen LogP) is 4.93. The van der Waals surface area contributed by atoms with E-state index in [1.807, 2.05) is 48.7 Å². The van der Waals surface area contributed by atoms with Gasteiger partial charge in [0.15, 0.2) is 0 Å². The fourth-order valence-corrected chi connectivity index (χ4v) is 3.66. The summed E-state index contributed by atoms with van der Waals surface area (Å²) in [5.41, 5.74) is 3.43. The summed E-state index contributed by atoms with van der Waals surface area (Å²) < 4.78 is 6.90. The van der Waals surface area contributed by atoms with Crippen LogP contribution in [0.2, 0.25) is 0 Å². The average molecular weight is 421 g/mol. The van der Waals surface area contributed by atoms with E-state index >= 15 is 0 Å². The third-order valence-corrected chi connectivity index (χ3v) is 5.23. The Hall–Kier alpha value is -4.52. The summed E-state index contributed by atoms with van der Waals surface area (Å²) in [6.07, 6.45) is 9.90. The van der Waals surface area contributed by atoms with Gasteiger partial charge in [-0.3, -0.25) is 14.3 Å². The third-order valence-electron chi connectivity index (χ3n) is 5.23. The van der Waals surface area contributed by atoms with Crippen LogP contribution < -0.4 is 10.1 Å². The molecule has 1 N–H and O–H groups in total. The van der Waals surface area contributed by atoms with E-state index < -0.39 is 0 Å². The first kappa shape index (κ1) is 19.4. The average Bonchev–Trinajstić information content (AvgIpc) is 3.39. The molecule has 156 valence electrons. The molecule has 0 radical (unpaired) electrons. The van der Waals surface area contributed by atoms with Crippen LogP contribution in [0.1, 0.15) is 10.4 Å². The molecule has 32 heavy (non-hydrogen) atoms. The number of carbonyl (C=O) groups is 1. The number of fused-ring (bicyclic) bond motifs is 1. The Morgan fingerprint density at radius 1 is 0.938 bits per heavy atom. The summed E-state index contributed by atoms with van der Waals surface area (Å²) in [7, 11) is 1.66. The molecule has 0 unspecified atom stereocenters. The Morgan fingerprint density at radius 2 is 1.81 bits per heavy atom. The lowest BCUT2D eigenvalue weighted by Gasteiger charge is -2.12. The lowest BCUT2D eigenvalue weighted by molar-refractivity contribution is 0.0960. The molecule has 5 aromatic rings. The topological polar surface area (TPSA) is 81.9 Å². The fourth-order valence-electron chi connectivity index (χ4n) is 3.66. The quantitative estimate of drug-likeness (QED) is 0.433. The molecular formula is C25H19N5O2. The zero-order valence-electron chi connectivity index (χ0n) is 17.3. The number of methoxy groups -OCH3 is 1. The van der Waals surface area contributed by atoms with E-state index in [4.69, 9.17) is 4.74 Å². The number of rotatable bonds is 5. The van der Waals surface area contributed by atoms with Gasteiger partial charge in [0.05, 0.1) is 12.7 Å². The number of benzene rings is 2. The third kappa shape index (κ3) is 3.56. The van der Waals surface area contributed by atoms with Crippen molar-refractivity contribution in [3.05, 3.63) is 97.5 Å². The Kier molecular flexibility index (Phi) is 5.05. The van der Waals surface area contributed by atoms with Crippen LogP contribution in [0.25, 0.3) is 21.9 Å². The van der Waals surface area contributed by atoms with Gasteiger partial charge in [-0.2, -0.15) is 0 Å². The summed E-state index contributed by atoms with van der Waals surface area (Å²) >= 11 is 0. The van der Waals surface area contributed by atoms with Crippen LogP contribution in [-0.4, -0.2) is 32.5 Å². The molecule has 0 amide bonds. The maximum atomic E-state index is 12.8. The van der Waals surface area contributed by atoms with Crippen molar-refractivity contribution in [2.24, 2.45) is 0 Å². The molecule has 0 aliphatic rings. The zero-order chi connectivity index (χ0) is 21.9. The molecule has 7 nitrogen and oxygen atoms in total. The van der Waals surface area contributed by atoms with Crippen LogP contribution in [-0.2, 0) is 0 Å². The van der Waals surface area contributed by atoms with Crippen molar-refractivity contribution in [3.63, 3.8) is 0 Å². The Bertz CT molecular complexity index is 1400. The van der Waals surface area contributed by atoms with Gasteiger partial charge in [-0.1, -0.05) is 18.2 Å². The fraction of sp³-hybridized carbons (Fsp3) is 0.0400. The summed E-state index contributed by atoms with van der Waals surface area (Å²) in [4.78, 5) is 25.3. The lowest BCUT2D eigenvalue weighted by Crippen LogP contribution is -2.12. The molecular weight excluding hydrogens is 402 g/mol. The number of nitrogens with one attached hydrogen (secondary N) is 1. The first-order valence-corrected chi connectivity index (χ1v) is 10.0. The van der Waals surface area contributed by atoms with E-state index in [-0.39, 0.29) is 5.91 Å².